The molecular weight excluding hydrogens is 156 g/mol. The van der Waals surface area contributed by atoms with Gasteiger partial charge in [0.25, 0.3) is 0 Å². The van der Waals surface area contributed by atoms with Crippen molar-refractivity contribution in [3.05, 3.63) is 47.5 Å². The highest BCUT2D eigenvalue weighted by Crippen LogP contribution is 1.92. The molecule has 0 atom stereocenters. The summed E-state index contributed by atoms with van der Waals surface area (Å²) in [5.41, 5.74) is 2.79. The molecule has 1 aromatic rings. The molecule has 0 saturated carbocycles. The molecule has 0 amide bonds. The van der Waals surface area contributed by atoms with E-state index in [-0.39, 0.29) is 0 Å². The number of aryl methyl sites for hydroxylation is 1. The van der Waals surface area contributed by atoms with Crippen LogP contribution in [0.1, 0.15) is 12.5 Å². The molecule has 0 heterocycles. The Balaban J connectivity index is 0.000000218. The van der Waals surface area contributed by atoms with Crippen LogP contribution in [0.4, 0.5) is 0 Å². The largest absolute Gasteiger partial charge is 0.0933 e. The van der Waals surface area contributed by atoms with Crippen molar-refractivity contribution in [2.75, 3.05) is 0 Å². The van der Waals surface area contributed by atoms with Crippen LogP contribution in [0, 0.1) is 6.92 Å². The molecule has 1 aromatic carbocycles. The molecule has 1 rings (SSSR count). The van der Waals surface area contributed by atoms with E-state index in [4.69, 9.17) is 11.6 Å². The van der Waals surface area contributed by atoms with Gasteiger partial charge >= 0.3 is 0 Å². The van der Waals surface area contributed by atoms with Crippen molar-refractivity contribution in [3.8, 4) is 0 Å². The lowest BCUT2D eigenvalue weighted by atomic mass is 10.2. The first-order valence-corrected chi connectivity index (χ1v) is 3.98. The zero-order chi connectivity index (χ0) is 8.53. The van der Waals surface area contributed by atoms with E-state index in [2.05, 4.69) is 19.1 Å². The predicted octanol–water partition coefficient (Wildman–Crippen LogP) is 3.75. The van der Waals surface area contributed by atoms with Gasteiger partial charge in [-0.15, -0.1) is 0 Å². The predicted molar refractivity (Wildman–Crippen MR) is 51.8 cm³/mol. The fraction of sp³-hybridized carbons (Fsp3) is 0.200. The van der Waals surface area contributed by atoms with E-state index >= 15 is 0 Å². The van der Waals surface area contributed by atoms with Crippen LogP contribution in [-0.4, -0.2) is 0 Å². The molecule has 0 bridgehead atoms. The zero-order valence-corrected chi connectivity index (χ0v) is 7.68. The Morgan fingerprint density at radius 1 is 1.18 bits per heavy atom. The maximum Gasteiger partial charge on any atom is -0.0000330 e. The van der Waals surface area contributed by atoms with E-state index < -0.39 is 0 Å². The summed E-state index contributed by atoms with van der Waals surface area (Å²) in [5, 5.41) is 0. The van der Waals surface area contributed by atoms with Crippen LogP contribution in [-0.2, 0) is 0 Å². The molecule has 0 unspecified atom stereocenters. The molecular formula is C10H13Cl. The first-order chi connectivity index (χ1) is 5.31. The van der Waals surface area contributed by atoms with Crippen molar-refractivity contribution in [3.63, 3.8) is 0 Å². The summed E-state index contributed by atoms with van der Waals surface area (Å²) in [4.78, 5) is 0. The standard InChI is InChI=1S/C7H8.C3H5Cl/c1-7-5-3-2-4-6-7;1-2-3-4/h2-6H,1H3;2-3H,1H3/b;3-2+. The summed E-state index contributed by atoms with van der Waals surface area (Å²) in [7, 11) is 0. The van der Waals surface area contributed by atoms with Gasteiger partial charge in [0.05, 0.1) is 0 Å². The van der Waals surface area contributed by atoms with Gasteiger partial charge in [-0.25, -0.2) is 0 Å². The third-order valence-corrected chi connectivity index (χ3v) is 1.32. The third-order valence-electron chi connectivity index (χ3n) is 1.07. The van der Waals surface area contributed by atoms with E-state index in [1.165, 1.54) is 11.1 Å². The van der Waals surface area contributed by atoms with E-state index in [0.29, 0.717) is 0 Å². The van der Waals surface area contributed by atoms with Crippen LogP contribution in [0.15, 0.2) is 41.9 Å². The Kier molecular flexibility index (Phi) is 6.86. The average molecular weight is 169 g/mol. The number of benzene rings is 1. The van der Waals surface area contributed by atoms with E-state index in [1.54, 1.807) is 6.08 Å². The second-order valence-electron chi connectivity index (χ2n) is 2.11. The van der Waals surface area contributed by atoms with Gasteiger partial charge < -0.3 is 0 Å². The summed E-state index contributed by atoms with van der Waals surface area (Å²) < 4.78 is 0. The Bertz CT molecular complexity index is 185. The minimum Gasteiger partial charge on any atom is -0.0933 e. The van der Waals surface area contributed by atoms with Gasteiger partial charge in [0.2, 0.25) is 0 Å². The number of hydrogen-bond donors (Lipinski definition) is 0. The Hall–Kier alpha value is -0.750. The maximum atomic E-state index is 5.01. The Morgan fingerprint density at radius 2 is 1.64 bits per heavy atom. The van der Waals surface area contributed by atoms with Crippen LogP contribution in [0.2, 0.25) is 0 Å². The minimum absolute atomic E-state index is 1.32. The van der Waals surface area contributed by atoms with Crippen LogP contribution in [0.25, 0.3) is 0 Å². The van der Waals surface area contributed by atoms with Crippen LogP contribution in [0.3, 0.4) is 0 Å². The quantitative estimate of drug-likeness (QED) is 0.554. The van der Waals surface area contributed by atoms with Gasteiger partial charge in [0.15, 0.2) is 0 Å². The summed E-state index contributed by atoms with van der Waals surface area (Å²) >= 11 is 5.01. The van der Waals surface area contributed by atoms with Crippen molar-refractivity contribution < 1.29 is 0 Å². The lowest BCUT2D eigenvalue weighted by Gasteiger charge is -1.82. The number of halogens is 1. The van der Waals surface area contributed by atoms with Gasteiger partial charge in [-0.05, 0) is 19.4 Å². The summed E-state index contributed by atoms with van der Waals surface area (Å²) in [5.74, 6) is 0. The van der Waals surface area contributed by atoms with Gasteiger partial charge in [-0.2, -0.15) is 0 Å². The van der Waals surface area contributed by atoms with Gasteiger partial charge in [-0.1, -0.05) is 53.6 Å². The molecule has 0 aromatic heterocycles. The zero-order valence-electron chi connectivity index (χ0n) is 6.92. The van der Waals surface area contributed by atoms with E-state index in [9.17, 15) is 0 Å². The minimum atomic E-state index is 1.32. The maximum absolute atomic E-state index is 5.01. The van der Waals surface area contributed by atoms with Gasteiger partial charge in [0, 0.05) is 0 Å². The number of allylic oxidation sites excluding steroid dienone is 1. The molecule has 11 heavy (non-hydrogen) atoms. The molecule has 0 aliphatic rings. The number of rotatable bonds is 0. The SMILES string of the molecule is C/C=C/Cl.Cc1ccccc1. The first kappa shape index (κ1) is 10.2. The fourth-order valence-corrected chi connectivity index (χ4v) is 0.534. The molecule has 0 N–H and O–H groups in total. The van der Waals surface area contributed by atoms with Crippen LogP contribution in [0.5, 0.6) is 0 Å². The topological polar surface area (TPSA) is 0 Å². The van der Waals surface area contributed by atoms with Gasteiger partial charge in [0.1, 0.15) is 0 Å². The van der Waals surface area contributed by atoms with Crippen molar-refractivity contribution >= 4 is 11.6 Å². The number of hydrogen-bond acceptors (Lipinski definition) is 0. The lowest BCUT2D eigenvalue weighted by molar-refractivity contribution is 1.48. The highest BCUT2D eigenvalue weighted by atomic mass is 35.5. The van der Waals surface area contributed by atoms with E-state index in [0.717, 1.165) is 0 Å². The van der Waals surface area contributed by atoms with E-state index in [1.807, 2.05) is 25.1 Å². The van der Waals surface area contributed by atoms with Crippen molar-refractivity contribution in [1.29, 1.82) is 0 Å². The lowest BCUT2D eigenvalue weighted by Crippen LogP contribution is -1.62. The molecule has 0 saturated heterocycles. The summed E-state index contributed by atoms with van der Waals surface area (Å²) in [6, 6.07) is 10.3. The fourth-order valence-electron chi connectivity index (χ4n) is 0.534. The van der Waals surface area contributed by atoms with Crippen molar-refractivity contribution in [2.24, 2.45) is 0 Å². The first-order valence-electron chi connectivity index (χ1n) is 3.54. The molecule has 0 spiro atoms. The highest BCUT2D eigenvalue weighted by Gasteiger charge is 1.72. The molecule has 1 heteroatoms. The second-order valence-corrected chi connectivity index (χ2v) is 2.37. The monoisotopic (exact) mass is 168 g/mol. The molecule has 0 aliphatic heterocycles. The van der Waals surface area contributed by atoms with Crippen LogP contribution < -0.4 is 0 Å². The Morgan fingerprint density at radius 3 is 1.82 bits per heavy atom. The Labute approximate surface area is 73.5 Å². The van der Waals surface area contributed by atoms with Gasteiger partial charge in [-0.3, -0.25) is 0 Å². The highest BCUT2D eigenvalue weighted by molar-refractivity contribution is 6.25. The molecule has 60 valence electrons. The third kappa shape index (κ3) is 7.14. The second kappa shape index (κ2) is 7.36. The van der Waals surface area contributed by atoms with Crippen molar-refractivity contribution in [2.45, 2.75) is 13.8 Å². The summed E-state index contributed by atoms with van der Waals surface area (Å²) in [6.07, 6.45) is 1.77. The van der Waals surface area contributed by atoms with Crippen molar-refractivity contribution in [1.82, 2.24) is 0 Å². The molecule has 0 radical (unpaired) electrons. The normalized spacial score (nSPS) is 9.00. The molecule has 0 aliphatic carbocycles. The summed E-state index contributed by atoms with van der Waals surface area (Å²) in [6.45, 7) is 3.95. The average Bonchev–Trinajstić information content (AvgIpc) is 2.07. The molecule has 0 fully saturated rings. The van der Waals surface area contributed by atoms with Crippen LogP contribution >= 0.6 is 11.6 Å². The smallest absolute Gasteiger partial charge is 0.0000330 e. The molecule has 0 nitrogen and oxygen atoms in total.